The fraction of sp³-hybridized carbons (Fsp3) is 0.296. The second-order valence-corrected chi connectivity index (χ2v) is 8.92. The summed E-state index contributed by atoms with van der Waals surface area (Å²) in [5, 5.41) is 5.34. The van der Waals surface area contributed by atoms with E-state index < -0.39 is 0 Å². The molecule has 1 aliphatic heterocycles. The van der Waals surface area contributed by atoms with Gasteiger partial charge in [-0.2, -0.15) is 5.10 Å². The zero-order chi connectivity index (χ0) is 24.9. The van der Waals surface area contributed by atoms with Gasteiger partial charge in [0.1, 0.15) is 5.75 Å². The Morgan fingerprint density at radius 3 is 2.46 bits per heavy atom. The van der Waals surface area contributed by atoms with Crippen LogP contribution < -0.4 is 4.74 Å². The van der Waals surface area contributed by atoms with E-state index in [0.29, 0.717) is 49.1 Å². The SMILES string of the molecule is COc1cccc(C(=O)N2CCN(C(=O)/C=C/c3c(C)nn(Cc4ccccc4Cl)c3C)CC2)c1. The van der Waals surface area contributed by atoms with E-state index in [1.165, 1.54) is 0 Å². The summed E-state index contributed by atoms with van der Waals surface area (Å²) in [5.41, 5.74) is 4.33. The van der Waals surface area contributed by atoms with Crippen LogP contribution in [-0.2, 0) is 11.3 Å². The van der Waals surface area contributed by atoms with E-state index in [0.717, 1.165) is 22.5 Å². The number of ether oxygens (including phenoxy) is 1. The number of carbonyl (C=O) groups is 2. The van der Waals surface area contributed by atoms with Gasteiger partial charge >= 0.3 is 0 Å². The van der Waals surface area contributed by atoms with Gasteiger partial charge in [0.05, 0.1) is 19.3 Å². The number of halogens is 1. The Morgan fingerprint density at radius 1 is 1.03 bits per heavy atom. The summed E-state index contributed by atoms with van der Waals surface area (Å²) in [6.45, 7) is 6.45. The molecule has 0 N–H and O–H groups in total. The molecular formula is C27H29ClN4O3. The van der Waals surface area contributed by atoms with Crippen molar-refractivity contribution in [1.82, 2.24) is 19.6 Å². The van der Waals surface area contributed by atoms with E-state index >= 15 is 0 Å². The average Bonchev–Trinajstić information content (AvgIpc) is 3.15. The number of amides is 2. The number of aryl methyl sites for hydroxylation is 1. The van der Waals surface area contributed by atoms with E-state index in [1.807, 2.05) is 54.9 Å². The van der Waals surface area contributed by atoms with Crippen LogP contribution in [0.3, 0.4) is 0 Å². The molecule has 35 heavy (non-hydrogen) atoms. The molecule has 0 atom stereocenters. The smallest absolute Gasteiger partial charge is 0.254 e. The van der Waals surface area contributed by atoms with Crippen molar-refractivity contribution < 1.29 is 14.3 Å². The van der Waals surface area contributed by atoms with E-state index in [2.05, 4.69) is 5.10 Å². The lowest BCUT2D eigenvalue weighted by Gasteiger charge is -2.34. The van der Waals surface area contributed by atoms with Gasteiger partial charge in [0.15, 0.2) is 0 Å². The Hall–Kier alpha value is -3.58. The van der Waals surface area contributed by atoms with Gasteiger partial charge in [-0.05, 0) is 49.8 Å². The highest BCUT2D eigenvalue weighted by Gasteiger charge is 2.24. The van der Waals surface area contributed by atoms with Crippen LogP contribution in [0.4, 0.5) is 0 Å². The van der Waals surface area contributed by atoms with E-state index in [4.69, 9.17) is 16.3 Å². The van der Waals surface area contributed by atoms with Crippen molar-refractivity contribution in [2.24, 2.45) is 0 Å². The zero-order valence-corrected chi connectivity index (χ0v) is 21.0. The van der Waals surface area contributed by atoms with Gasteiger partial charge in [0.2, 0.25) is 5.91 Å². The minimum absolute atomic E-state index is 0.0521. The lowest BCUT2D eigenvalue weighted by molar-refractivity contribution is -0.127. The van der Waals surface area contributed by atoms with Crippen LogP contribution in [0.15, 0.2) is 54.6 Å². The van der Waals surface area contributed by atoms with Crippen molar-refractivity contribution in [3.8, 4) is 5.75 Å². The number of hydrogen-bond donors (Lipinski definition) is 0. The van der Waals surface area contributed by atoms with E-state index in [-0.39, 0.29) is 11.8 Å². The first-order valence-electron chi connectivity index (χ1n) is 11.5. The van der Waals surface area contributed by atoms with Crippen molar-refractivity contribution >= 4 is 29.5 Å². The molecule has 4 rings (SSSR count). The van der Waals surface area contributed by atoms with Crippen LogP contribution in [0.5, 0.6) is 5.75 Å². The first-order chi connectivity index (χ1) is 16.9. The first-order valence-corrected chi connectivity index (χ1v) is 11.9. The number of methoxy groups -OCH3 is 1. The number of aromatic nitrogens is 2. The number of nitrogens with zero attached hydrogens (tertiary/aromatic N) is 4. The van der Waals surface area contributed by atoms with Gasteiger partial charge in [0.25, 0.3) is 5.91 Å². The third kappa shape index (κ3) is 5.57. The second-order valence-electron chi connectivity index (χ2n) is 8.52. The topological polar surface area (TPSA) is 67.7 Å². The fourth-order valence-electron chi connectivity index (χ4n) is 4.22. The number of benzene rings is 2. The van der Waals surface area contributed by atoms with Gasteiger partial charge < -0.3 is 14.5 Å². The fourth-order valence-corrected chi connectivity index (χ4v) is 4.42. The van der Waals surface area contributed by atoms with Crippen molar-refractivity contribution in [3.63, 3.8) is 0 Å². The molecule has 1 saturated heterocycles. The zero-order valence-electron chi connectivity index (χ0n) is 20.2. The molecule has 0 aliphatic carbocycles. The Morgan fingerprint density at radius 2 is 1.74 bits per heavy atom. The molecule has 1 aliphatic rings. The maximum absolute atomic E-state index is 12.8. The van der Waals surface area contributed by atoms with Gasteiger partial charge in [-0.25, -0.2) is 0 Å². The van der Waals surface area contributed by atoms with Gasteiger partial charge in [-0.15, -0.1) is 0 Å². The quantitative estimate of drug-likeness (QED) is 0.483. The minimum atomic E-state index is -0.0730. The second kappa shape index (κ2) is 10.8. The molecule has 0 unspecified atom stereocenters. The van der Waals surface area contributed by atoms with Crippen molar-refractivity contribution in [3.05, 3.63) is 87.7 Å². The molecule has 0 saturated carbocycles. The van der Waals surface area contributed by atoms with Crippen LogP contribution in [0.1, 0.15) is 32.9 Å². The van der Waals surface area contributed by atoms with Crippen LogP contribution in [0.2, 0.25) is 5.02 Å². The maximum Gasteiger partial charge on any atom is 0.254 e. The predicted octanol–water partition coefficient (Wildman–Crippen LogP) is 4.21. The van der Waals surface area contributed by atoms with E-state index in [9.17, 15) is 9.59 Å². The molecule has 1 fully saturated rings. The lowest BCUT2D eigenvalue weighted by Crippen LogP contribution is -2.50. The average molecular weight is 493 g/mol. The molecule has 7 nitrogen and oxygen atoms in total. The van der Waals surface area contributed by atoms with Crippen molar-refractivity contribution in [2.45, 2.75) is 20.4 Å². The Balaban J connectivity index is 1.37. The Labute approximate surface area is 210 Å². The summed E-state index contributed by atoms with van der Waals surface area (Å²) in [5.74, 6) is 0.524. The summed E-state index contributed by atoms with van der Waals surface area (Å²) in [6, 6.07) is 14.8. The summed E-state index contributed by atoms with van der Waals surface area (Å²) >= 11 is 6.30. The summed E-state index contributed by atoms with van der Waals surface area (Å²) < 4.78 is 7.12. The largest absolute Gasteiger partial charge is 0.497 e. The molecule has 8 heteroatoms. The van der Waals surface area contributed by atoms with Gasteiger partial charge in [0, 0.05) is 54.1 Å². The van der Waals surface area contributed by atoms with Crippen LogP contribution >= 0.6 is 11.6 Å². The minimum Gasteiger partial charge on any atom is -0.497 e. The highest BCUT2D eigenvalue weighted by Crippen LogP contribution is 2.21. The lowest BCUT2D eigenvalue weighted by atomic mass is 10.1. The van der Waals surface area contributed by atoms with Crippen molar-refractivity contribution in [2.75, 3.05) is 33.3 Å². The van der Waals surface area contributed by atoms with E-state index in [1.54, 1.807) is 41.2 Å². The molecule has 1 aromatic heterocycles. The standard InChI is InChI=1S/C27H29ClN4O3/c1-19-24(20(2)32(29-19)18-22-7-4-5-10-25(22)28)11-12-26(33)30-13-15-31(16-14-30)27(34)21-8-6-9-23(17-21)35-3/h4-12,17H,13-16,18H2,1-3H3/b12-11+. The third-order valence-corrected chi connectivity index (χ3v) is 6.67. The van der Waals surface area contributed by atoms with Gasteiger partial charge in [-0.3, -0.25) is 14.3 Å². The summed E-state index contributed by atoms with van der Waals surface area (Å²) in [7, 11) is 1.58. The van der Waals surface area contributed by atoms with Crippen LogP contribution in [-0.4, -0.2) is 64.7 Å². The third-order valence-electron chi connectivity index (χ3n) is 6.30. The molecule has 0 radical (unpaired) electrons. The molecule has 0 spiro atoms. The predicted molar refractivity (Wildman–Crippen MR) is 137 cm³/mol. The highest BCUT2D eigenvalue weighted by molar-refractivity contribution is 6.31. The van der Waals surface area contributed by atoms with Crippen molar-refractivity contribution in [1.29, 1.82) is 0 Å². The molecule has 0 bridgehead atoms. The number of hydrogen-bond acceptors (Lipinski definition) is 4. The number of piperazine rings is 1. The normalized spacial score (nSPS) is 13.9. The molecular weight excluding hydrogens is 464 g/mol. The molecule has 2 amide bonds. The molecule has 182 valence electrons. The molecule has 3 aromatic rings. The monoisotopic (exact) mass is 492 g/mol. The first kappa shape index (κ1) is 24.5. The summed E-state index contributed by atoms with van der Waals surface area (Å²) in [6.07, 6.45) is 3.42. The highest BCUT2D eigenvalue weighted by atomic mass is 35.5. The number of carbonyl (C=O) groups excluding carboxylic acids is 2. The van der Waals surface area contributed by atoms with Crippen LogP contribution in [0, 0.1) is 13.8 Å². The maximum atomic E-state index is 12.8. The number of rotatable bonds is 6. The Bertz CT molecular complexity index is 1260. The summed E-state index contributed by atoms with van der Waals surface area (Å²) in [4.78, 5) is 29.2. The molecule has 2 aromatic carbocycles. The Kier molecular flexibility index (Phi) is 7.56. The van der Waals surface area contributed by atoms with Crippen LogP contribution in [0.25, 0.3) is 6.08 Å². The van der Waals surface area contributed by atoms with Gasteiger partial charge in [-0.1, -0.05) is 35.9 Å². The molecule has 2 heterocycles.